The summed E-state index contributed by atoms with van der Waals surface area (Å²) in [6.45, 7) is 24.5. The number of hydrogen-bond acceptors (Lipinski definition) is 0. The minimum Gasteiger partial charge on any atom is -0.358 e. The Morgan fingerprint density at radius 2 is 1.44 bits per heavy atom. The Balaban J connectivity index is 0.000000349. The van der Waals surface area contributed by atoms with Crippen LogP contribution in [-0.4, -0.2) is 4.21 Å². The predicted octanol–water partition coefficient (Wildman–Crippen LogP) is 10.8. The second kappa shape index (κ2) is 15.9. The SMILES string of the molecule is CC(C)(C)c1[c-]c2c(cc1)-c1ccc(C(C)(C)C)cc1C2.CC1=[C-]C(C)C=C1C(C)C.Cc1cc[c-]cc1.[CH2]=[Zr].[CH3-]. The largest absolute Gasteiger partial charge is 0.358 e. The molecular weight excluding hydrogens is 572 g/mol. The Morgan fingerprint density at radius 1 is 0.854 bits per heavy atom. The maximum Gasteiger partial charge on any atom is -0.358 e. The second-order valence-corrected chi connectivity index (χ2v) is 13.2. The van der Waals surface area contributed by atoms with Gasteiger partial charge in [0.1, 0.15) is 0 Å². The fourth-order valence-corrected chi connectivity index (χ4v) is 4.98. The fraction of sp³-hybridized carbons (Fsp3) is 0.400. The normalized spacial score (nSPS) is 14.9. The molecule has 0 bridgehead atoms. The quantitative estimate of drug-likeness (QED) is 0.185. The Bertz CT molecular complexity index is 1250. The van der Waals surface area contributed by atoms with E-state index in [1.807, 2.05) is 24.3 Å². The molecule has 1 heteroatoms. The molecule has 5 rings (SSSR count). The molecule has 0 radical (unpaired) electrons. The van der Waals surface area contributed by atoms with Crippen molar-refractivity contribution in [3.05, 3.63) is 125 Å². The van der Waals surface area contributed by atoms with Crippen molar-refractivity contribution in [3.8, 4) is 11.1 Å². The summed E-state index contributed by atoms with van der Waals surface area (Å²) in [5.74, 6) is 1.20. The van der Waals surface area contributed by atoms with E-state index in [9.17, 15) is 0 Å². The van der Waals surface area contributed by atoms with Crippen LogP contribution >= 0.6 is 0 Å². The molecule has 0 fully saturated rings. The summed E-state index contributed by atoms with van der Waals surface area (Å²) in [7, 11) is 0. The van der Waals surface area contributed by atoms with Gasteiger partial charge in [0.2, 0.25) is 0 Å². The van der Waals surface area contributed by atoms with E-state index in [0.717, 1.165) is 6.42 Å². The number of benzene rings is 3. The molecule has 0 saturated heterocycles. The van der Waals surface area contributed by atoms with Crippen molar-refractivity contribution in [1.29, 1.82) is 0 Å². The predicted molar refractivity (Wildman–Crippen MR) is 179 cm³/mol. The van der Waals surface area contributed by atoms with Crippen LogP contribution in [-0.2, 0) is 41.5 Å². The standard InChI is InChI=1S/C21H25.C10H15.C7H7.CH3.CH2.Zr/c1-20(2,3)16-7-9-18-14(12-16)11-15-13-17(21(4,5)6)8-10-19(15)18;1-7(2)10-6-8(3)5-9(10)4;1-7-5-3-2-4-6-7;;;/h7-10,12H,11H2,1-6H3;6-8H,1-4H3;3-6H,1H3;1H3;1H2;/q4*-1;;. The summed E-state index contributed by atoms with van der Waals surface area (Å²) in [6.07, 6.45) is 6.70. The number of rotatable bonds is 1. The molecule has 0 aliphatic heterocycles. The second-order valence-electron chi connectivity index (χ2n) is 13.2. The fourth-order valence-electron chi connectivity index (χ4n) is 4.98. The van der Waals surface area contributed by atoms with E-state index in [0.29, 0.717) is 11.8 Å². The zero-order chi connectivity index (χ0) is 30.3. The summed E-state index contributed by atoms with van der Waals surface area (Å²) in [5, 5.41) is 0. The third-order valence-corrected chi connectivity index (χ3v) is 7.28. The third kappa shape index (κ3) is 10.6. The molecule has 220 valence electrons. The molecule has 2 aliphatic rings. The zero-order valence-electron chi connectivity index (χ0n) is 27.8. The van der Waals surface area contributed by atoms with Gasteiger partial charge < -0.3 is 7.43 Å². The van der Waals surface area contributed by atoms with E-state index in [-0.39, 0.29) is 18.3 Å². The summed E-state index contributed by atoms with van der Waals surface area (Å²) >= 11 is 1.30. The molecule has 0 N–H and O–H groups in total. The van der Waals surface area contributed by atoms with Gasteiger partial charge in [-0.05, 0) is 28.4 Å². The topological polar surface area (TPSA) is 0 Å². The van der Waals surface area contributed by atoms with Crippen molar-refractivity contribution in [2.75, 3.05) is 0 Å². The first-order chi connectivity index (χ1) is 18.7. The van der Waals surface area contributed by atoms with Crippen molar-refractivity contribution < 1.29 is 24.2 Å². The Hall–Kier alpha value is -2.11. The summed E-state index contributed by atoms with van der Waals surface area (Å²) in [5.41, 5.74) is 12.8. The molecule has 0 aromatic heterocycles. The number of hydrogen-bond donors (Lipinski definition) is 0. The van der Waals surface area contributed by atoms with Crippen molar-refractivity contribution in [2.45, 2.75) is 93.4 Å². The van der Waals surface area contributed by atoms with Crippen LogP contribution in [0.15, 0.2) is 71.8 Å². The summed E-state index contributed by atoms with van der Waals surface area (Å²) in [6, 6.07) is 26.0. The maximum absolute atomic E-state index is 3.67. The van der Waals surface area contributed by atoms with Crippen molar-refractivity contribution in [1.82, 2.24) is 0 Å². The molecule has 41 heavy (non-hydrogen) atoms. The van der Waals surface area contributed by atoms with E-state index in [1.165, 1.54) is 74.3 Å². The Labute approximate surface area is 268 Å². The molecule has 0 heterocycles. The van der Waals surface area contributed by atoms with E-state index in [1.54, 1.807) is 0 Å². The van der Waals surface area contributed by atoms with E-state index < -0.39 is 0 Å². The van der Waals surface area contributed by atoms with Crippen LogP contribution in [0.2, 0.25) is 0 Å². The van der Waals surface area contributed by atoms with Crippen LogP contribution in [0, 0.1) is 44.4 Å². The van der Waals surface area contributed by atoms with Gasteiger partial charge >= 0.3 is 28.4 Å². The Morgan fingerprint density at radius 3 is 1.85 bits per heavy atom. The molecule has 0 spiro atoms. The third-order valence-electron chi connectivity index (χ3n) is 7.28. The van der Waals surface area contributed by atoms with Crippen LogP contribution in [0.25, 0.3) is 11.1 Å². The first-order valence-electron chi connectivity index (χ1n) is 14.5. The van der Waals surface area contributed by atoms with Gasteiger partial charge in [0.05, 0.1) is 0 Å². The van der Waals surface area contributed by atoms with Gasteiger partial charge in [-0.3, -0.25) is 6.08 Å². The first kappa shape index (κ1) is 36.9. The average molecular weight is 624 g/mol. The molecule has 3 aromatic rings. The summed E-state index contributed by atoms with van der Waals surface area (Å²) in [4.78, 5) is 0. The molecular formula is C40H52Zr-4. The van der Waals surface area contributed by atoms with E-state index in [2.05, 4.69) is 135 Å². The first-order valence-corrected chi connectivity index (χ1v) is 16.2. The van der Waals surface area contributed by atoms with Gasteiger partial charge in [0, 0.05) is 0 Å². The van der Waals surface area contributed by atoms with Gasteiger partial charge in [-0.15, -0.1) is 11.1 Å². The molecule has 2 aliphatic carbocycles. The number of allylic oxidation sites excluding steroid dienone is 4. The van der Waals surface area contributed by atoms with Gasteiger partial charge in [0.15, 0.2) is 0 Å². The maximum atomic E-state index is 3.67. The minimum absolute atomic E-state index is 0. The van der Waals surface area contributed by atoms with Gasteiger partial charge in [-0.25, -0.2) is 5.57 Å². The average Bonchev–Trinajstić information content (AvgIpc) is 3.43. The van der Waals surface area contributed by atoms with Crippen LogP contribution in [0.4, 0.5) is 0 Å². The number of aryl methyl sites for hydroxylation is 1. The van der Waals surface area contributed by atoms with Crippen LogP contribution in [0.5, 0.6) is 0 Å². The van der Waals surface area contributed by atoms with Crippen LogP contribution in [0.3, 0.4) is 0 Å². The zero-order valence-corrected chi connectivity index (χ0v) is 30.3. The van der Waals surface area contributed by atoms with Gasteiger partial charge in [0.25, 0.3) is 0 Å². The molecule has 0 amide bonds. The van der Waals surface area contributed by atoms with Crippen molar-refractivity contribution in [2.24, 2.45) is 11.8 Å². The minimum atomic E-state index is 0. The van der Waals surface area contributed by atoms with Gasteiger partial charge in [-0.1, -0.05) is 112 Å². The number of fused-ring (bicyclic) bond motifs is 3. The Kier molecular flexibility index (Phi) is 14.3. The molecule has 1 atom stereocenters. The van der Waals surface area contributed by atoms with Crippen LogP contribution < -0.4 is 0 Å². The van der Waals surface area contributed by atoms with Gasteiger partial charge in [-0.2, -0.15) is 71.3 Å². The van der Waals surface area contributed by atoms with Crippen molar-refractivity contribution in [3.63, 3.8) is 0 Å². The monoisotopic (exact) mass is 622 g/mol. The molecule has 0 saturated carbocycles. The van der Waals surface area contributed by atoms with E-state index >= 15 is 0 Å². The van der Waals surface area contributed by atoms with Crippen LogP contribution in [0.1, 0.15) is 97.1 Å². The van der Waals surface area contributed by atoms with E-state index in [4.69, 9.17) is 0 Å². The molecule has 0 nitrogen and oxygen atoms in total. The molecule has 3 aromatic carbocycles. The smallest absolute Gasteiger partial charge is 0.358 e. The molecule has 1 unspecified atom stereocenters. The summed E-state index contributed by atoms with van der Waals surface area (Å²) < 4.78 is 3.34. The van der Waals surface area contributed by atoms with Crippen molar-refractivity contribution >= 4 is 4.21 Å².